The zero-order chi connectivity index (χ0) is 16.8. The summed E-state index contributed by atoms with van der Waals surface area (Å²) < 4.78 is 0. The summed E-state index contributed by atoms with van der Waals surface area (Å²) in [5.74, 6) is 2.04. The molecule has 1 aromatic carbocycles. The smallest absolute Gasteiger partial charge is 0.272 e. The zero-order valence-electron chi connectivity index (χ0n) is 13.5. The standard InChI is InChI=1S/C17H18ClN5O/c1-9(15-20-12-6-5-11(18)7-13(12)21-15)23(2)17(24)14-8-19-16(22-14)10-3-4-10/h5-10H,3-4H2,1-2H3,(H,19,22)(H,20,21). The molecular formula is C17H18ClN5O. The van der Waals surface area contributed by atoms with Gasteiger partial charge in [0.05, 0.1) is 23.3 Å². The van der Waals surface area contributed by atoms with E-state index in [1.54, 1.807) is 24.2 Å². The maximum Gasteiger partial charge on any atom is 0.272 e. The number of aromatic nitrogens is 4. The number of benzene rings is 1. The quantitative estimate of drug-likeness (QED) is 0.759. The molecule has 0 saturated heterocycles. The third kappa shape index (κ3) is 2.67. The molecule has 0 radical (unpaired) electrons. The van der Waals surface area contributed by atoms with Crippen LogP contribution in [0.15, 0.2) is 24.4 Å². The molecule has 2 aromatic heterocycles. The summed E-state index contributed by atoms with van der Waals surface area (Å²) in [4.78, 5) is 29.6. The molecule has 0 spiro atoms. The Hall–Kier alpha value is -2.34. The number of hydrogen-bond acceptors (Lipinski definition) is 3. The average Bonchev–Trinajstić information content (AvgIpc) is 3.16. The number of rotatable bonds is 4. The number of aromatic amines is 2. The number of nitrogens with zero attached hydrogens (tertiary/aromatic N) is 3. The molecule has 1 aliphatic rings. The van der Waals surface area contributed by atoms with E-state index in [0.29, 0.717) is 16.6 Å². The highest BCUT2D eigenvalue weighted by atomic mass is 35.5. The average molecular weight is 344 g/mol. The summed E-state index contributed by atoms with van der Waals surface area (Å²) in [5, 5.41) is 0.653. The van der Waals surface area contributed by atoms with Gasteiger partial charge in [-0.1, -0.05) is 11.6 Å². The Morgan fingerprint density at radius 2 is 2.17 bits per heavy atom. The Morgan fingerprint density at radius 3 is 2.92 bits per heavy atom. The van der Waals surface area contributed by atoms with Crippen molar-refractivity contribution < 1.29 is 4.79 Å². The number of hydrogen-bond donors (Lipinski definition) is 2. The molecule has 7 heteroatoms. The number of fused-ring (bicyclic) bond motifs is 1. The number of H-pyrrole nitrogens is 2. The molecule has 3 aromatic rings. The van der Waals surface area contributed by atoms with Crippen LogP contribution < -0.4 is 0 Å². The second kappa shape index (κ2) is 5.63. The van der Waals surface area contributed by atoms with Gasteiger partial charge in [-0.2, -0.15) is 0 Å². The molecule has 0 bridgehead atoms. The van der Waals surface area contributed by atoms with Crippen molar-refractivity contribution >= 4 is 28.5 Å². The van der Waals surface area contributed by atoms with Crippen molar-refractivity contribution in [3.05, 3.63) is 46.8 Å². The van der Waals surface area contributed by atoms with Gasteiger partial charge < -0.3 is 14.9 Å². The maximum absolute atomic E-state index is 12.7. The van der Waals surface area contributed by atoms with Gasteiger partial charge in [0.2, 0.25) is 0 Å². The Kier molecular flexibility index (Phi) is 3.57. The van der Waals surface area contributed by atoms with E-state index in [0.717, 1.165) is 35.5 Å². The molecule has 124 valence electrons. The molecule has 1 saturated carbocycles. The highest BCUT2D eigenvalue weighted by Gasteiger charge is 2.28. The van der Waals surface area contributed by atoms with Crippen molar-refractivity contribution in [2.45, 2.75) is 31.7 Å². The zero-order valence-corrected chi connectivity index (χ0v) is 14.3. The fourth-order valence-electron chi connectivity index (χ4n) is 2.76. The number of carbonyl (C=O) groups excluding carboxylic acids is 1. The molecule has 24 heavy (non-hydrogen) atoms. The van der Waals surface area contributed by atoms with Crippen LogP contribution >= 0.6 is 11.6 Å². The van der Waals surface area contributed by atoms with E-state index in [1.807, 2.05) is 19.1 Å². The third-order valence-corrected chi connectivity index (χ3v) is 4.78. The van der Waals surface area contributed by atoms with Gasteiger partial charge >= 0.3 is 0 Å². The Balaban J connectivity index is 1.56. The molecule has 1 aliphatic carbocycles. The van der Waals surface area contributed by atoms with Crippen molar-refractivity contribution in [1.82, 2.24) is 24.8 Å². The third-order valence-electron chi connectivity index (χ3n) is 4.55. The minimum absolute atomic E-state index is 0.0969. The predicted octanol–water partition coefficient (Wildman–Crippen LogP) is 3.65. The molecule has 1 atom stereocenters. The molecular weight excluding hydrogens is 326 g/mol. The van der Waals surface area contributed by atoms with Crippen molar-refractivity contribution in [2.75, 3.05) is 7.05 Å². The molecule has 1 unspecified atom stereocenters. The van der Waals surface area contributed by atoms with Crippen molar-refractivity contribution in [1.29, 1.82) is 0 Å². The Bertz CT molecular complexity index is 911. The van der Waals surface area contributed by atoms with Crippen LogP contribution in [0.1, 0.15) is 53.9 Å². The molecule has 6 nitrogen and oxygen atoms in total. The lowest BCUT2D eigenvalue weighted by Crippen LogP contribution is -2.30. The van der Waals surface area contributed by atoms with Gasteiger partial charge in [-0.3, -0.25) is 4.79 Å². The number of imidazole rings is 2. The van der Waals surface area contributed by atoms with Gasteiger partial charge in [0, 0.05) is 18.0 Å². The first kappa shape index (κ1) is 15.2. The largest absolute Gasteiger partial charge is 0.340 e. The first-order valence-corrected chi connectivity index (χ1v) is 8.38. The first-order chi connectivity index (χ1) is 11.5. The number of carbonyl (C=O) groups is 1. The van der Waals surface area contributed by atoms with Crippen LogP contribution in [0.4, 0.5) is 0 Å². The number of nitrogens with one attached hydrogen (secondary N) is 2. The number of amides is 1. The molecule has 0 aliphatic heterocycles. The van der Waals surface area contributed by atoms with Gasteiger partial charge in [-0.05, 0) is 38.0 Å². The monoisotopic (exact) mass is 343 g/mol. The Labute approximate surface area is 144 Å². The topological polar surface area (TPSA) is 77.7 Å². The van der Waals surface area contributed by atoms with E-state index in [4.69, 9.17) is 11.6 Å². The molecule has 1 amide bonds. The van der Waals surface area contributed by atoms with Crippen LogP contribution in [0, 0.1) is 0 Å². The van der Waals surface area contributed by atoms with Crippen molar-refractivity contribution in [2.24, 2.45) is 0 Å². The molecule has 2 N–H and O–H groups in total. The fourth-order valence-corrected chi connectivity index (χ4v) is 2.93. The van der Waals surface area contributed by atoms with E-state index >= 15 is 0 Å². The Morgan fingerprint density at radius 1 is 1.38 bits per heavy atom. The summed E-state index contributed by atoms with van der Waals surface area (Å²) in [7, 11) is 1.77. The summed E-state index contributed by atoms with van der Waals surface area (Å²) >= 11 is 6.01. The fraction of sp³-hybridized carbons (Fsp3) is 0.353. The van der Waals surface area contributed by atoms with E-state index in [2.05, 4.69) is 19.9 Å². The van der Waals surface area contributed by atoms with Crippen LogP contribution in [-0.4, -0.2) is 37.8 Å². The van der Waals surface area contributed by atoms with E-state index in [1.165, 1.54) is 0 Å². The first-order valence-electron chi connectivity index (χ1n) is 8.00. The summed E-state index contributed by atoms with van der Waals surface area (Å²) in [5.41, 5.74) is 2.22. The molecule has 1 fully saturated rings. The van der Waals surface area contributed by atoms with E-state index < -0.39 is 0 Å². The lowest BCUT2D eigenvalue weighted by Gasteiger charge is -2.22. The van der Waals surface area contributed by atoms with Crippen LogP contribution in [-0.2, 0) is 0 Å². The van der Waals surface area contributed by atoms with Gasteiger partial charge in [0.25, 0.3) is 5.91 Å². The lowest BCUT2D eigenvalue weighted by atomic mass is 10.2. The highest BCUT2D eigenvalue weighted by Crippen LogP contribution is 2.38. The van der Waals surface area contributed by atoms with Gasteiger partial charge in [-0.25, -0.2) is 9.97 Å². The van der Waals surface area contributed by atoms with Crippen LogP contribution in [0.2, 0.25) is 5.02 Å². The minimum Gasteiger partial charge on any atom is -0.340 e. The van der Waals surface area contributed by atoms with Gasteiger partial charge in [0.15, 0.2) is 0 Å². The second-order valence-corrected chi connectivity index (χ2v) is 6.77. The summed E-state index contributed by atoms with van der Waals surface area (Å²) in [6.07, 6.45) is 3.92. The van der Waals surface area contributed by atoms with Gasteiger partial charge in [0.1, 0.15) is 17.3 Å². The van der Waals surface area contributed by atoms with Crippen molar-refractivity contribution in [3.8, 4) is 0 Å². The van der Waals surface area contributed by atoms with E-state index in [-0.39, 0.29) is 11.9 Å². The second-order valence-electron chi connectivity index (χ2n) is 6.33. The molecule has 2 heterocycles. The normalized spacial score (nSPS) is 15.6. The van der Waals surface area contributed by atoms with E-state index in [9.17, 15) is 4.79 Å². The SMILES string of the molecule is CC(c1nc2ccc(Cl)cc2[nH]1)N(C)C(=O)c1cnc(C2CC2)[nH]1. The van der Waals surface area contributed by atoms with Crippen molar-refractivity contribution in [3.63, 3.8) is 0 Å². The van der Waals surface area contributed by atoms with Crippen LogP contribution in [0.5, 0.6) is 0 Å². The van der Waals surface area contributed by atoms with Crippen LogP contribution in [0.3, 0.4) is 0 Å². The maximum atomic E-state index is 12.7. The predicted molar refractivity (Wildman–Crippen MR) is 92.2 cm³/mol. The van der Waals surface area contributed by atoms with Crippen LogP contribution in [0.25, 0.3) is 11.0 Å². The number of halogens is 1. The minimum atomic E-state index is -0.198. The van der Waals surface area contributed by atoms with Gasteiger partial charge in [-0.15, -0.1) is 0 Å². The highest BCUT2D eigenvalue weighted by molar-refractivity contribution is 6.31. The summed E-state index contributed by atoms with van der Waals surface area (Å²) in [6, 6.07) is 5.30. The summed E-state index contributed by atoms with van der Waals surface area (Å²) in [6.45, 7) is 1.94. The molecule has 4 rings (SSSR count). The lowest BCUT2D eigenvalue weighted by molar-refractivity contribution is 0.0732.